The van der Waals surface area contributed by atoms with Crippen LogP contribution in [0.25, 0.3) is 5.65 Å². The number of fused-ring (bicyclic) bond motifs is 1. The summed E-state index contributed by atoms with van der Waals surface area (Å²) in [5.41, 5.74) is 8.27. The fourth-order valence-electron chi connectivity index (χ4n) is 1.92. The average Bonchev–Trinajstić information content (AvgIpc) is 2.84. The molecule has 1 aromatic carbocycles. The van der Waals surface area contributed by atoms with Crippen molar-refractivity contribution in [3.05, 3.63) is 36.2 Å². The zero-order chi connectivity index (χ0) is 14.1. The monoisotopic (exact) mass is 270 g/mol. The van der Waals surface area contributed by atoms with E-state index in [4.69, 9.17) is 10.5 Å². The molecule has 3 N–H and O–H groups in total. The summed E-state index contributed by atoms with van der Waals surface area (Å²) in [4.78, 5) is 4.28. The summed E-state index contributed by atoms with van der Waals surface area (Å²) in [5.74, 6) is 1.69. The maximum atomic E-state index is 5.73. The summed E-state index contributed by atoms with van der Waals surface area (Å²) in [7, 11) is 1.63. The highest BCUT2D eigenvalue weighted by molar-refractivity contribution is 5.72. The van der Waals surface area contributed by atoms with Gasteiger partial charge in [0.25, 0.3) is 0 Å². The first-order chi connectivity index (χ1) is 9.69. The Morgan fingerprint density at radius 2 is 2.15 bits per heavy atom. The highest BCUT2D eigenvalue weighted by Gasteiger charge is 2.09. The number of nitrogens with zero attached hydrogens (tertiary/aromatic N) is 4. The van der Waals surface area contributed by atoms with Crippen molar-refractivity contribution >= 4 is 23.1 Å². The van der Waals surface area contributed by atoms with Gasteiger partial charge in [-0.15, -0.1) is 10.2 Å². The van der Waals surface area contributed by atoms with E-state index in [1.54, 1.807) is 23.9 Å². The van der Waals surface area contributed by atoms with E-state index < -0.39 is 0 Å². The highest BCUT2D eigenvalue weighted by atomic mass is 16.5. The number of aromatic nitrogens is 4. The minimum Gasteiger partial charge on any atom is -0.497 e. The summed E-state index contributed by atoms with van der Waals surface area (Å²) < 4.78 is 6.90. The maximum absolute atomic E-state index is 5.73. The van der Waals surface area contributed by atoms with Gasteiger partial charge in [-0.3, -0.25) is 4.40 Å². The number of nitrogens with one attached hydrogen (secondary N) is 1. The number of nitrogen functional groups attached to an aromatic ring is 1. The molecule has 0 spiro atoms. The van der Waals surface area contributed by atoms with Gasteiger partial charge in [0.15, 0.2) is 5.82 Å². The van der Waals surface area contributed by atoms with Crippen LogP contribution in [0.4, 0.5) is 17.5 Å². The summed E-state index contributed by atoms with van der Waals surface area (Å²) in [5, 5.41) is 11.1. The molecule has 102 valence electrons. The molecule has 0 radical (unpaired) electrons. The summed E-state index contributed by atoms with van der Waals surface area (Å²) in [6.45, 7) is 2.00. The average molecular weight is 270 g/mol. The molecule has 0 unspecified atom stereocenters. The van der Waals surface area contributed by atoms with Crippen molar-refractivity contribution in [2.45, 2.75) is 6.92 Å². The molecule has 0 aliphatic heterocycles. The molecular formula is C13H14N6O. The van der Waals surface area contributed by atoms with Crippen LogP contribution in [0.2, 0.25) is 0 Å². The Bertz CT molecular complexity index is 767. The van der Waals surface area contributed by atoms with E-state index in [2.05, 4.69) is 20.5 Å². The molecule has 0 saturated carbocycles. The van der Waals surface area contributed by atoms with Crippen LogP contribution in [-0.4, -0.2) is 26.7 Å². The molecular weight excluding hydrogens is 256 g/mol. The smallest absolute Gasteiger partial charge is 0.226 e. The fraction of sp³-hybridized carbons (Fsp3) is 0.154. The Morgan fingerprint density at radius 1 is 1.30 bits per heavy atom. The van der Waals surface area contributed by atoms with Crippen molar-refractivity contribution in [1.29, 1.82) is 0 Å². The third kappa shape index (κ3) is 1.99. The van der Waals surface area contributed by atoms with Gasteiger partial charge in [-0.2, -0.15) is 0 Å². The van der Waals surface area contributed by atoms with Crippen molar-refractivity contribution in [3.8, 4) is 5.75 Å². The lowest BCUT2D eigenvalue weighted by molar-refractivity contribution is 0.415. The van der Waals surface area contributed by atoms with E-state index in [-0.39, 0.29) is 0 Å². The van der Waals surface area contributed by atoms with Crippen molar-refractivity contribution in [2.24, 2.45) is 0 Å². The SMILES string of the molecule is COc1ccc(C)c(Nc2nccn3c(N)nnc23)c1. The van der Waals surface area contributed by atoms with E-state index in [0.29, 0.717) is 17.4 Å². The number of aryl methyl sites for hydroxylation is 1. The molecule has 0 bridgehead atoms. The first-order valence-electron chi connectivity index (χ1n) is 6.06. The predicted octanol–water partition coefficient (Wildman–Crippen LogP) is 1.77. The first-order valence-corrected chi connectivity index (χ1v) is 6.06. The van der Waals surface area contributed by atoms with Crippen molar-refractivity contribution < 1.29 is 4.74 Å². The molecule has 7 heteroatoms. The second-order valence-electron chi connectivity index (χ2n) is 4.33. The van der Waals surface area contributed by atoms with Gasteiger partial charge in [-0.1, -0.05) is 6.07 Å². The molecule has 2 heterocycles. The molecule has 0 fully saturated rings. The van der Waals surface area contributed by atoms with Crippen LogP contribution in [0, 0.1) is 6.92 Å². The van der Waals surface area contributed by atoms with Crippen molar-refractivity contribution in [3.63, 3.8) is 0 Å². The van der Waals surface area contributed by atoms with Crippen LogP contribution < -0.4 is 15.8 Å². The molecule has 0 amide bonds. The lowest BCUT2D eigenvalue weighted by Crippen LogP contribution is -2.01. The van der Waals surface area contributed by atoms with Crippen LogP contribution in [0.5, 0.6) is 5.75 Å². The molecule has 2 aromatic heterocycles. The zero-order valence-electron chi connectivity index (χ0n) is 11.2. The van der Waals surface area contributed by atoms with Crippen molar-refractivity contribution in [2.75, 3.05) is 18.2 Å². The predicted molar refractivity (Wildman–Crippen MR) is 76.2 cm³/mol. The van der Waals surface area contributed by atoms with E-state index in [9.17, 15) is 0 Å². The van der Waals surface area contributed by atoms with Gasteiger partial charge in [0, 0.05) is 24.1 Å². The maximum Gasteiger partial charge on any atom is 0.226 e. The third-order valence-electron chi connectivity index (χ3n) is 3.05. The van der Waals surface area contributed by atoms with E-state index in [1.807, 2.05) is 25.1 Å². The van der Waals surface area contributed by atoms with Gasteiger partial charge in [0.05, 0.1) is 7.11 Å². The van der Waals surface area contributed by atoms with Crippen molar-refractivity contribution in [1.82, 2.24) is 19.6 Å². The number of ether oxygens (including phenoxy) is 1. The lowest BCUT2D eigenvalue weighted by atomic mass is 10.2. The molecule has 7 nitrogen and oxygen atoms in total. The van der Waals surface area contributed by atoms with Gasteiger partial charge in [-0.25, -0.2) is 4.98 Å². The number of hydrogen-bond donors (Lipinski definition) is 2. The number of rotatable bonds is 3. The van der Waals surface area contributed by atoms with Crippen LogP contribution >= 0.6 is 0 Å². The number of methoxy groups -OCH3 is 1. The molecule has 0 atom stereocenters. The zero-order valence-corrected chi connectivity index (χ0v) is 11.2. The molecule has 0 saturated heterocycles. The summed E-state index contributed by atoms with van der Waals surface area (Å²) in [6.07, 6.45) is 3.36. The number of nitrogens with two attached hydrogens (primary N) is 1. The quantitative estimate of drug-likeness (QED) is 0.753. The van der Waals surface area contributed by atoms with Gasteiger partial charge in [-0.05, 0) is 18.6 Å². The van der Waals surface area contributed by atoms with Crippen LogP contribution in [0.1, 0.15) is 5.56 Å². The standard InChI is InChI=1S/C13H14N6O/c1-8-3-4-9(20-2)7-10(8)16-11-12-17-18-13(14)19(12)6-5-15-11/h3-7H,1-2H3,(H2,14,18)(H,15,16). The Labute approximate surface area is 115 Å². The molecule has 3 rings (SSSR count). The van der Waals surface area contributed by atoms with Crippen LogP contribution in [-0.2, 0) is 0 Å². The number of hydrogen-bond acceptors (Lipinski definition) is 6. The second kappa shape index (κ2) is 4.69. The minimum absolute atomic E-state index is 0.327. The molecule has 0 aliphatic rings. The van der Waals surface area contributed by atoms with E-state index in [1.165, 1.54) is 0 Å². The van der Waals surface area contributed by atoms with Crippen LogP contribution in [0.3, 0.4) is 0 Å². The summed E-state index contributed by atoms with van der Waals surface area (Å²) in [6, 6.07) is 5.78. The second-order valence-corrected chi connectivity index (χ2v) is 4.33. The van der Waals surface area contributed by atoms with E-state index in [0.717, 1.165) is 17.0 Å². The van der Waals surface area contributed by atoms with Gasteiger partial charge in [0.1, 0.15) is 5.75 Å². The van der Waals surface area contributed by atoms with Crippen LogP contribution in [0.15, 0.2) is 30.6 Å². The Morgan fingerprint density at radius 3 is 2.95 bits per heavy atom. The first kappa shape index (κ1) is 12.2. The topological polar surface area (TPSA) is 90.4 Å². The van der Waals surface area contributed by atoms with Gasteiger partial charge >= 0.3 is 0 Å². The number of anilines is 3. The number of benzene rings is 1. The molecule has 20 heavy (non-hydrogen) atoms. The Hall–Kier alpha value is -2.83. The highest BCUT2D eigenvalue weighted by Crippen LogP contribution is 2.26. The Balaban J connectivity index is 2.05. The normalized spacial score (nSPS) is 10.7. The fourth-order valence-corrected chi connectivity index (χ4v) is 1.92. The Kier molecular flexibility index (Phi) is 2.86. The van der Waals surface area contributed by atoms with Gasteiger partial charge < -0.3 is 15.8 Å². The van der Waals surface area contributed by atoms with Gasteiger partial charge in [0.2, 0.25) is 11.6 Å². The minimum atomic E-state index is 0.327. The molecule has 3 aromatic rings. The largest absolute Gasteiger partial charge is 0.497 e. The summed E-state index contributed by atoms with van der Waals surface area (Å²) >= 11 is 0. The molecule has 0 aliphatic carbocycles. The third-order valence-corrected chi connectivity index (χ3v) is 3.05. The lowest BCUT2D eigenvalue weighted by Gasteiger charge is -2.10. The van der Waals surface area contributed by atoms with E-state index >= 15 is 0 Å².